The molecule has 372 valence electrons. The maximum atomic E-state index is 14.0. The number of carboxylic acids is 1. The molecule has 2 aromatic rings. The Morgan fingerprint density at radius 1 is 0.866 bits per heavy atom. The van der Waals surface area contributed by atoms with Crippen molar-refractivity contribution in [3.05, 3.63) is 102 Å². The summed E-state index contributed by atoms with van der Waals surface area (Å²) in [6, 6.07) is 17.5. The van der Waals surface area contributed by atoms with Crippen LogP contribution in [0.25, 0.3) is 0 Å². The molecule has 3 saturated heterocycles. The van der Waals surface area contributed by atoms with Gasteiger partial charge in [0.15, 0.2) is 14.1 Å². The highest BCUT2D eigenvalue weighted by Gasteiger charge is 2.55. The van der Waals surface area contributed by atoms with Crippen LogP contribution < -0.4 is 4.74 Å². The topological polar surface area (TPSA) is 137 Å². The van der Waals surface area contributed by atoms with Crippen molar-refractivity contribution in [3.63, 3.8) is 0 Å². The van der Waals surface area contributed by atoms with Crippen molar-refractivity contribution >= 4 is 20.1 Å². The molecule has 0 radical (unpaired) electrons. The fourth-order valence-corrected chi connectivity index (χ4v) is 10.5. The molecule has 5 rings (SSSR count). The van der Waals surface area contributed by atoms with E-state index in [0.717, 1.165) is 28.0 Å². The van der Waals surface area contributed by atoms with Crippen LogP contribution in [-0.4, -0.2) is 101 Å². The molecule has 3 aliphatic rings. The minimum Gasteiger partial charge on any atom is -0.497 e. The molecule has 0 bridgehead atoms. The van der Waals surface area contributed by atoms with E-state index in [9.17, 15) is 14.7 Å². The van der Waals surface area contributed by atoms with E-state index in [-0.39, 0.29) is 73.4 Å². The maximum Gasteiger partial charge on any atom is 0.305 e. The number of ketones is 1. The average molecular weight is 949 g/mol. The fourth-order valence-electron chi connectivity index (χ4n) is 9.11. The number of carboxylic acid groups (broad SMARTS) is 1. The molecule has 3 aliphatic heterocycles. The summed E-state index contributed by atoms with van der Waals surface area (Å²) < 4.78 is 57.0. The fraction of sp³-hybridized carbons (Fsp3) is 0.630. The van der Waals surface area contributed by atoms with Crippen LogP contribution in [0.5, 0.6) is 5.75 Å². The molecule has 9 atom stereocenters. The van der Waals surface area contributed by atoms with Gasteiger partial charge in [-0.15, -0.1) is 0 Å². The van der Waals surface area contributed by atoms with Crippen molar-refractivity contribution in [2.24, 2.45) is 5.41 Å². The number of hydrogen-bond donors (Lipinski definition) is 1. The predicted molar refractivity (Wildman–Crippen MR) is 262 cm³/mol. The third-order valence-corrected chi connectivity index (χ3v) is 18.4. The van der Waals surface area contributed by atoms with Crippen LogP contribution in [0.3, 0.4) is 0 Å². The molecule has 12 nitrogen and oxygen atoms in total. The molecule has 67 heavy (non-hydrogen) atoms. The molecular formula is C54H80O12Si. The first-order valence-corrected chi connectivity index (χ1v) is 27.0. The van der Waals surface area contributed by atoms with Crippen LogP contribution in [0.15, 0.2) is 91.1 Å². The summed E-state index contributed by atoms with van der Waals surface area (Å²) in [5.74, 6) is -1.82. The van der Waals surface area contributed by atoms with E-state index in [4.69, 9.17) is 42.3 Å². The van der Waals surface area contributed by atoms with Gasteiger partial charge >= 0.3 is 5.97 Å². The zero-order chi connectivity index (χ0) is 49.0. The van der Waals surface area contributed by atoms with Gasteiger partial charge in [0.1, 0.15) is 12.5 Å². The number of hydrogen-bond acceptors (Lipinski definition) is 11. The number of ether oxygens (including phenoxy) is 8. The zero-order valence-corrected chi connectivity index (χ0v) is 43.0. The SMILES string of the molecule is C=C1C[C@H](C[C@@H]2CC(=C)C[C@H](C=CC(C)(C)[C@]3(OC)O[C@H](C[C@@H](O[Si](C)(C)C(C)(C)C)[C@@H](C)OCOCc4ccccc4)CCC3=O)O2)O[C@H](C[C@H](CC(=O)O)OCc2ccc(OC)cc2)C1. The van der Waals surface area contributed by atoms with E-state index in [1.54, 1.807) is 14.2 Å². The molecule has 0 aliphatic carbocycles. The van der Waals surface area contributed by atoms with Crippen LogP contribution in [0.4, 0.5) is 0 Å². The van der Waals surface area contributed by atoms with E-state index >= 15 is 0 Å². The number of benzene rings is 2. The summed E-state index contributed by atoms with van der Waals surface area (Å²) in [5, 5.41) is 9.67. The number of methoxy groups -OCH3 is 2. The monoisotopic (exact) mass is 949 g/mol. The highest BCUT2D eigenvalue weighted by atomic mass is 28.4. The first kappa shape index (κ1) is 54.4. The van der Waals surface area contributed by atoms with Crippen molar-refractivity contribution in [1.82, 2.24) is 0 Å². The van der Waals surface area contributed by atoms with Gasteiger partial charge in [-0.3, -0.25) is 9.59 Å². The van der Waals surface area contributed by atoms with Gasteiger partial charge in [0, 0.05) is 38.2 Å². The number of carbonyl (C=O) groups excluding carboxylic acids is 1. The standard InChI is InChI=1S/C54H80O12Si/c1-37-26-43(63-47(27-37)31-48-29-38(2)28-46(64-48)30-45(33-51(56)57)61-35-41-18-20-42(58-9)21-19-41)24-25-53(7,8)54(59-10)50(55)23-22-44(65-54)32-49(66-67(11,12)52(4,5)6)39(3)62-36-60-34-40-16-14-13-15-17-40/h13-21,24-25,39,43-49H,1-2,22-23,26-36H2,3-12H3,(H,56,57)/t39-,43+,44+,45-,46+,47+,48-,49-,54-/m1/s1. The second kappa shape index (κ2) is 24.4. The van der Waals surface area contributed by atoms with Crippen molar-refractivity contribution in [2.45, 2.75) is 192 Å². The van der Waals surface area contributed by atoms with Crippen LogP contribution in [-0.2, 0) is 60.4 Å². The lowest BCUT2D eigenvalue weighted by atomic mass is 9.76. The Morgan fingerprint density at radius 2 is 1.51 bits per heavy atom. The molecule has 0 unspecified atom stereocenters. The van der Waals surface area contributed by atoms with Crippen LogP contribution in [0, 0.1) is 5.41 Å². The zero-order valence-electron chi connectivity index (χ0n) is 42.0. The van der Waals surface area contributed by atoms with Crippen molar-refractivity contribution in [3.8, 4) is 5.75 Å². The highest BCUT2D eigenvalue weighted by molar-refractivity contribution is 6.74. The third kappa shape index (κ3) is 15.8. The van der Waals surface area contributed by atoms with E-state index < -0.39 is 31.6 Å². The normalized spacial score (nSPS) is 25.8. The van der Waals surface area contributed by atoms with Gasteiger partial charge in [-0.25, -0.2) is 0 Å². The Balaban J connectivity index is 1.21. The molecule has 13 heteroatoms. The summed E-state index contributed by atoms with van der Waals surface area (Å²) in [7, 11) is 0.913. The smallest absolute Gasteiger partial charge is 0.305 e. The van der Waals surface area contributed by atoms with E-state index in [1.807, 2.05) is 87.5 Å². The highest BCUT2D eigenvalue weighted by Crippen LogP contribution is 2.45. The maximum absolute atomic E-state index is 14.0. The Bertz CT molecular complexity index is 1940. The van der Waals surface area contributed by atoms with Gasteiger partial charge in [0.05, 0.1) is 75.6 Å². The molecule has 0 spiro atoms. The Morgan fingerprint density at radius 3 is 2.15 bits per heavy atom. The first-order chi connectivity index (χ1) is 31.6. The number of Topliss-reactive ketones (excluding diaryl/α,β-unsaturated/α-hetero) is 1. The third-order valence-electron chi connectivity index (χ3n) is 13.9. The minimum atomic E-state index is -2.25. The minimum absolute atomic E-state index is 0.0330. The summed E-state index contributed by atoms with van der Waals surface area (Å²) in [4.78, 5) is 25.9. The summed E-state index contributed by atoms with van der Waals surface area (Å²) >= 11 is 0. The molecule has 3 heterocycles. The quantitative estimate of drug-likeness (QED) is 0.0464. The second-order valence-corrected chi connectivity index (χ2v) is 25.7. The summed E-state index contributed by atoms with van der Waals surface area (Å²) in [6.07, 6.45) is 6.67. The van der Waals surface area contributed by atoms with Gasteiger partial charge in [-0.1, -0.05) is 114 Å². The molecule has 1 N–H and O–H groups in total. The van der Waals surface area contributed by atoms with Gasteiger partial charge in [-0.05, 0) is 80.4 Å². The lowest BCUT2D eigenvalue weighted by Gasteiger charge is -2.48. The average Bonchev–Trinajstić information content (AvgIpc) is 3.26. The molecule has 0 saturated carbocycles. The Kier molecular flexibility index (Phi) is 19.8. The van der Waals surface area contributed by atoms with Crippen LogP contribution >= 0.6 is 0 Å². The largest absolute Gasteiger partial charge is 0.497 e. The molecular weight excluding hydrogens is 869 g/mol. The lowest BCUT2D eigenvalue weighted by molar-refractivity contribution is -0.285. The van der Waals surface area contributed by atoms with Crippen molar-refractivity contribution in [2.75, 3.05) is 21.0 Å². The Labute approximate surface area is 401 Å². The van der Waals surface area contributed by atoms with Gasteiger partial charge in [0.2, 0.25) is 5.79 Å². The molecule has 2 aromatic carbocycles. The lowest BCUT2D eigenvalue weighted by Crippen LogP contribution is -2.59. The second-order valence-electron chi connectivity index (χ2n) is 20.9. The van der Waals surface area contributed by atoms with Crippen molar-refractivity contribution < 1.29 is 57.0 Å². The number of rotatable bonds is 24. The van der Waals surface area contributed by atoms with Gasteiger partial charge in [-0.2, -0.15) is 0 Å². The molecule has 0 amide bonds. The summed E-state index contributed by atoms with van der Waals surface area (Å²) in [5.41, 5.74) is 3.26. The van der Waals surface area contributed by atoms with E-state index in [1.165, 1.54) is 0 Å². The van der Waals surface area contributed by atoms with Gasteiger partial charge in [0.25, 0.3) is 0 Å². The van der Waals surface area contributed by atoms with Crippen LogP contribution in [0.2, 0.25) is 18.1 Å². The summed E-state index contributed by atoms with van der Waals surface area (Å²) in [6.45, 7) is 26.7. The van der Waals surface area contributed by atoms with E-state index in [2.05, 4.69) is 47.0 Å². The van der Waals surface area contributed by atoms with E-state index in [0.29, 0.717) is 64.4 Å². The first-order valence-electron chi connectivity index (χ1n) is 24.1. The van der Waals surface area contributed by atoms with Crippen molar-refractivity contribution in [1.29, 1.82) is 0 Å². The molecule has 3 fully saturated rings. The predicted octanol–water partition coefficient (Wildman–Crippen LogP) is 11.1. The van der Waals surface area contributed by atoms with Crippen LogP contribution in [0.1, 0.15) is 117 Å². The Hall–Kier alpha value is -3.50. The number of carbonyl (C=O) groups is 2. The number of aliphatic carboxylic acids is 1. The van der Waals surface area contributed by atoms with Gasteiger partial charge < -0.3 is 47.4 Å². The molecule has 0 aromatic heterocycles.